The topological polar surface area (TPSA) is 17.1 Å². The monoisotopic (exact) mass is 184 g/mol. The summed E-state index contributed by atoms with van der Waals surface area (Å²) < 4.78 is 0. The lowest BCUT2D eigenvalue weighted by molar-refractivity contribution is -0.116. The first kappa shape index (κ1) is 12.7. The van der Waals surface area contributed by atoms with Crippen molar-refractivity contribution in [2.24, 2.45) is 17.3 Å². The van der Waals surface area contributed by atoms with Crippen LogP contribution in [0.5, 0.6) is 0 Å². The molecule has 0 aromatic rings. The van der Waals surface area contributed by atoms with Crippen LogP contribution in [0.15, 0.2) is 0 Å². The molecule has 0 spiro atoms. The number of rotatable bonds is 6. The Labute approximate surface area is 82.9 Å². The highest BCUT2D eigenvalue weighted by Gasteiger charge is 2.24. The van der Waals surface area contributed by atoms with E-state index in [2.05, 4.69) is 20.8 Å². The Morgan fingerprint density at radius 2 is 1.69 bits per heavy atom. The summed E-state index contributed by atoms with van der Waals surface area (Å²) >= 11 is 0. The molecule has 13 heavy (non-hydrogen) atoms. The molecular weight excluding hydrogens is 160 g/mol. The van der Waals surface area contributed by atoms with Crippen LogP contribution in [0.1, 0.15) is 53.9 Å². The van der Waals surface area contributed by atoms with Gasteiger partial charge in [0.15, 0.2) is 0 Å². The molecule has 1 heteroatoms. The first-order valence-electron chi connectivity index (χ1n) is 5.36. The van der Waals surface area contributed by atoms with E-state index < -0.39 is 0 Å². The standard InChI is InChI=1S/C12H24O/c1-10(2)7-6-8-11(3)12(4,5)9-13/h9-11H,6-8H2,1-5H3. The second-order valence-electron chi connectivity index (χ2n) is 5.17. The van der Waals surface area contributed by atoms with Gasteiger partial charge in [0, 0.05) is 5.41 Å². The Balaban J connectivity index is 3.74. The molecule has 0 aliphatic heterocycles. The Hall–Kier alpha value is -0.330. The quantitative estimate of drug-likeness (QED) is 0.576. The van der Waals surface area contributed by atoms with E-state index >= 15 is 0 Å². The van der Waals surface area contributed by atoms with Crippen LogP contribution in [-0.4, -0.2) is 6.29 Å². The summed E-state index contributed by atoms with van der Waals surface area (Å²) in [6, 6.07) is 0. The Kier molecular flexibility index (Phi) is 5.27. The van der Waals surface area contributed by atoms with Gasteiger partial charge in [0.05, 0.1) is 0 Å². The van der Waals surface area contributed by atoms with Gasteiger partial charge in [-0.3, -0.25) is 0 Å². The highest BCUT2D eigenvalue weighted by atomic mass is 16.1. The zero-order valence-electron chi connectivity index (χ0n) is 9.76. The molecule has 1 nitrogen and oxygen atoms in total. The fraction of sp³-hybridized carbons (Fsp3) is 0.917. The average molecular weight is 184 g/mol. The van der Waals surface area contributed by atoms with Crippen molar-refractivity contribution >= 4 is 6.29 Å². The molecule has 0 bridgehead atoms. The maximum absolute atomic E-state index is 10.8. The van der Waals surface area contributed by atoms with Crippen LogP contribution in [0.25, 0.3) is 0 Å². The van der Waals surface area contributed by atoms with Crippen molar-refractivity contribution in [2.45, 2.75) is 53.9 Å². The van der Waals surface area contributed by atoms with Crippen molar-refractivity contribution in [3.05, 3.63) is 0 Å². The number of hydrogen-bond donors (Lipinski definition) is 0. The predicted octanol–water partition coefficient (Wildman–Crippen LogP) is 3.67. The Morgan fingerprint density at radius 1 is 1.15 bits per heavy atom. The predicted molar refractivity (Wildman–Crippen MR) is 57.7 cm³/mol. The zero-order valence-corrected chi connectivity index (χ0v) is 9.76. The molecule has 0 aromatic heterocycles. The molecule has 0 saturated carbocycles. The molecule has 0 fully saturated rings. The molecule has 78 valence electrons. The lowest BCUT2D eigenvalue weighted by atomic mass is 9.78. The number of carbonyl (C=O) groups excluding carboxylic acids is 1. The summed E-state index contributed by atoms with van der Waals surface area (Å²) in [5.74, 6) is 1.29. The summed E-state index contributed by atoms with van der Waals surface area (Å²) in [6.07, 6.45) is 4.78. The van der Waals surface area contributed by atoms with Gasteiger partial charge in [0.25, 0.3) is 0 Å². The van der Waals surface area contributed by atoms with Gasteiger partial charge in [-0.25, -0.2) is 0 Å². The van der Waals surface area contributed by atoms with Crippen LogP contribution in [0.2, 0.25) is 0 Å². The van der Waals surface area contributed by atoms with E-state index in [-0.39, 0.29) is 5.41 Å². The SMILES string of the molecule is CC(C)CCCC(C)C(C)(C)C=O. The first-order chi connectivity index (χ1) is 5.90. The van der Waals surface area contributed by atoms with Crippen LogP contribution >= 0.6 is 0 Å². The molecular formula is C12H24O. The number of carbonyl (C=O) groups is 1. The van der Waals surface area contributed by atoms with Crippen molar-refractivity contribution in [3.8, 4) is 0 Å². The molecule has 0 rings (SSSR count). The summed E-state index contributed by atoms with van der Waals surface area (Å²) in [5, 5.41) is 0. The van der Waals surface area contributed by atoms with E-state index in [1.54, 1.807) is 0 Å². The van der Waals surface area contributed by atoms with Gasteiger partial charge in [-0.2, -0.15) is 0 Å². The lowest BCUT2D eigenvalue weighted by Crippen LogP contribution is -2.23. The van der Waals surface area contributed by atoms with Crippen LogP contribution in [0.4, 0.5) is 0 Å². The summed E-state index contributed by atoms with van der Waals surface area (Å²) in [5.41, 5.74) is -0.142. The van der Waals surface area contributed by atoms with Crippen molar-refractivity contribution in [1.29, 1.82) is 0 Å². The number of aldehydes is 1. The van der Waals surface area contributed by atoms with Crippen molar-refractivity contribution in [3.63, 3.8) is 0 Å². The van der Waals surface area contributed by atoms with Gasteiger partial charge in [-0.05, 0) is 18.3 Å². The fourth-order valence-electron chi connectivity index (χ4n) is 1.32. The first-order valence-corrected chi connectivity index (χ1v) is 5.36. The largest absolute Gasteiger partial charge is 0.303 e. The smallest absolute Gasteiger partial charge is 0.125 e. The molecule has 0 amide bonds. The third-order valence-electron chi connectivity index (χ3n) is 2.99. The molecule has 0 aliphatic rings. The molecule has 0 aromatic carbocycles. The highest BCUT2D eigenvalue weighted by Crippen LogP contribution is 2.28. The van der Waals surface area contributed by atoms with Gasteiger partial charge in [-0.1, -0.05) is 47.5 Å². The van der Waals surface area contributed by atoms with E-state index in [1.807, 2.05) is 13.8 Å². The minimum absolute atomic E-state index is 0.142. The molecule has 0 radical (unpaired) electrons. The normalized spacial score (nSPS) is 14.6. The van der Waals surface area contributed by atoms with Crippen molar-refractivity contribution in [1.82, 2.24) is 0 Å². The van der Waals surface area contributed by atoms with Crippen molar-refractivity contribution in [2.75, 3.05) is 0 Å². The second-order valence-corrected chi connectivity index (χ2v) is 5.17. The van der Waals surface area contributed by atoms with E-state index in [4.69, 9.17) is 0 Å². The van der Waals surface area contributed by atoms with E-state index in [0.29, 0.717) is 5.92 Å². The van der Waals surface area contributed by atoms with Crippen LogP contribution in [-0.2, 0) is 4.79 Å². The molecule has 0 aliphatic carbocycles. The van der Waals surface area contributed by atoms with Gasteiger partial charge in [0.2, 0.25) is 0 Å². The Bertz CT molecular complexity index is 147. The van der Waals surface area contributed by atoms with Gasteiger partial charge >= 0.3 is 0 Å². The fourth-order valence-corrected chi connectivity index (χ4v) is 1.32. The molecule has 1 unspecified atom stereocenters. The Morgan fingerprint density at radius 3 is 2.08 bits per heavy atom. The number of hydrogen-bond acceptors (Lipinski definition) is 1. The third kappa shape index (κ3) is 5.07. The van der Waals surface area contributed by atoms with Crippen LogP contribution < -0.4 is 0 Å². The lowest BCUT2D eigenvalue weighted by Gasteiger charge is -2.25. The summed E-state index contributed by atoms with van der Waals surface area (Å²) in [4.78, 5) is 10.8. The van der Waals surface area contributed by atoms with Gasteiger partial charge < -0.3 is 4.79 Å². The van der Waals surface area contributed by atoms with E-state index in [9.17, 15) is 4.79 Å². The zero-order chi connectivity index (χ0) is 10.5. The molecule has 1 atom stereocenters. The molecule has 0 heterocycles. The molecule has 0 saturated heterocycles. The second kappa shape index (κ2) is 5.41. The maximum Gasteiger partial charge on any atom is 0.125 e. The minimum atomic E-state index is -0.142. The van der Waals surface area contributed by atoms with Crippen molar-refractivity contribution < 1.29 is 4.79 Å². The average Bonchev–Trinajstić information content (AvgIpc) is 2.03. The maximum atomic E-state index is 10.8. The van der Waals surface area contributed by atoms with E-state index in [0.717, 1.165) is 12.2 Å². The van der Waals surface area contributed by atoms with E-state index in [1.165, 1.54) is 19.3 Å². The van der Waals surface area contributed by atoms with Gasteiger partial charge in [0.1, 0.15) is 6.29 Å². The summed E-state index contributed by atoms with van der Waals surface area (Å²) in [6.45, 7) is 10.7. The van der Waals surface area contributed by atoms with Crippen LogP contribution in [0.3, 0.4) is 0 Å². The minimum Gasteiger partial charge on any atom is -0.303 e. The third-order valence-corrected chi connectivity index (χ3v) is 2.99. The highest BCUT2D eigenvalue weighted by molar-refractivity contribution is 5.58. The molecule has 0 N–H and O–H groups in total. The van der Waals surface area contributed by atoms with Crippen LogP contribution in [0, 0.1) is 17.3 Å². The van der Waals surface area contributed by atoms with Gasteiger partial charge in [-0.15, -0.1) is 0 Å². The summed E-state index contributed by atoms with van der Waals surface area (Å²) in [7, 11) is 0.